The number of carbonyl (C=O) groups is 1. The quantitative estimate of drug-likeness (QED) is 0.666. The minimum absolute atomic E-state index is 0. The second-order valence-corrected chi connectivity index (χ2v) is 5.88. The van der Waals surface area contributed by atoms with Crippen LogP contribution in [0.4, 0.5) is 0 Å². The zero-order valence-corrected chi connectivity index (χ0v) is 16.8. The molecule has 0 atom stereocenters. The summed E-state index contributed by atoms with van der Waals surface area (Å²) >= 11 is 0. The van der Waals surface area contributed by atoms with Crippen LogP contribution in [0.15, 0.2) is 48.5 Å². The van der Waals surface area contributed by atoms with Crippen LogP contribution in [0, 0.1) is 0 Å². The molecule has 27 heavy (non-hydrogen) atoms. The lowest BCUT2D eigenvalue weighted by Crippen LogP contribution is -2.32. The number of carbonyl (C=O) groups excluding carboxylic acids is 1. The predicted octanol–water partition coefficient (Wildman–Crippen LogP) is 3.90. The minimum atomic E-state index is -0.0358. The number of nitrogens with two attached hydrogens (primary N) is 1. The van der Waals surface area contributed by atoms with Crippen molar-refractivity contribution in [1.29, 1.82) is 0 Å². The Morgan fingerprint density at radius 1 is 1.00 bits per heavy atom. The van der Waals surface area contributed by atoms with Gasteiger partial charge in [0.25, 0.3) is 5.91 Å². The van der Waals surface area contributed by atoms with Crippen molar-refractivity contribution in [3.8, 4) is 11.5 Å². The maximum absolute atomic E-state index is 13.1. The van der Waals surface area contributed by atoms with Gasteiger partial charge < -0.3 is 20.1 Å². The van der Waals surface area contributed by atoms with Crippen LogP contribution in [0.3, 0.4) is 0 Å². The van der Waals surface area contributed by atoms with Crippen molar-refractivity contribution in [1.82, 2.24) is 4.90 Å². The highest BCUT2D eigenvalue weighted by Gasteiger charge is 2.18. The van der Waals surface area contributed by atoms with Crippen molar-refractivity contribution in [2.45, 2.75) is 26.8 Å². The molecule has 2 rings (SSSR count). The molecular weight excluding hydrogens is 364 g/mol. The molecule has 0 bridgehead atoms. The Bertz CT molecular complexity index is 695. The van der Waals surface area contributed by atoms with Gasteiger partial charge in [-0.1, -0.05) is 30.3 Å². The Morgan fingerprint density at radius 3 is 2.30 bits per heavy atom. The Hall–Kier alpha value is -2.24. The number of rotatable bonds is 10. The van der Waals surface area contributed by atoms with Crippen molar-refractivity contribution < 1.29 is 14.3 Å². The summed E-state index contributed by atoms with van der Waals surface area (Å²) in [7, 11) is 0. The number of nitrogens with zero attached hydrogens (tertiary/aromatic N) is 1. The summed E-state index contributed by atoms with van der Waals surface area (Å²) in [6.45, 7) is 6.60. The fourth-order valence-corrected chi connectivity index (χ4v) is 2.71. The summed E-state index contributed by atoms with van der Waals surface area (Å²) in [5.74, 6) is 1.22. The number of amides is 1. The molecule has 6 heteroatoms. The average Bonchev–Trinajstić information content (AvgIpc) is 2.67. The van der Waals surface area contributed by atoms with E-state index in [1.54, 1.807) is 18.2 Å². The minimum Gasteiger partial charge on any atom is -0.490 e. The summed E-state index contributed by atoms with van der Waals surface area (Å²) in [5.41, 5.74) is 7.33. The average molecular weight is 393 g/mol. The summed E-state index contributed by atoms with van der Waals surface area (Å²) in [5, 5.41) is 0. The molecule has 1 amide bonds. The van der Waals surface area contributed by atoms with E-state index in [9.17, 15) is 4.79 Å². The van der Waals surface area contributed by atoms with E-state index in [0.717, 1.165) is 12.0 Å². The zero-order valence-electron chi connectivity index (χ0n) is 16.0. The van der Waals surface area contributed by atoms with Gasteiger partial charge in [0.1, 0.15) is 0 Å². The third-order valence-corrected chi connectivity index (χ3v) is 3.93. The first-order valence-electron chi connectivity index (χ1n) is 9.12. The Labute approximate surface area is 167 Å². The van der Waals surface area contributed by atoms with E-state index in [1.807, 2.05) is 49.1 Å². The number of benzene rings is 2. The third-order valence-electron chi connectivity index (χ3n) is 3.93. The van der Waals surface area contributed by atoms with E-state index in [1.165, 1.54) is 0 Å². The van der Waals surface area contributed by atoms with Crippen LogP contribution < -0.4 is 15.2 Å². The fourth-order valence-electron chi connectivity index (χ4n) is 2.71. The lowest BCUT2D eigenvalue weighted by atomic mass is 10.1. The second kappa shape index (κ2) is 12.2. The highest BCUT2D eigenvalue weighted by atomic mass is 35.5. The molecule has 0 heterocycles. The molecule has 0 spiro atoms. The normalized spacial score (nSPS) is 10.0. The van der Waals surface area contributed by atoms with Gasteiger partial charge in [0.05, 0.1) is 13.2 Å². The predicted molar refractivity (Wildman–Crippen MR) is 111 cm³/mol. The van der Waals surface area contributed by atoms with Crippen molar-refractivity contribution in [2.75, 3.05) is 26.3 Å². The topological polar surface area (TPSA) is 64.8 Å². The molecule has 0 unspecified atom stereocenters. The molecule has 0 aliphatic heterocycles. The van der Waals surface area contributed by atoms with Crippen molar-refractivity contribution >= 4 is 18.3 Å². The van der Waals surface area contributed by atoms with Gasteiger partial charge in [0, 0.05) is 18.7 Å². The van der Waals surface area contributed by atoms with E-state index >= 15 is 0 Å². The van der Waals surface area contributed by atoms with Crippen LogP contribution in [-0.4, -0.2) is 37.1 Å². The van der Waals surface area contributed by atoms with E-state index in [4.69, 9.17) is 15.2 Å². The summed E-state index contributed by atoms with van der Waals surface area (Å²) in [4.78, 5) is 14.9. The Morgan fingerprint density at radius 2 is 1.67 bits per heavy atom. The molecule has 0 aromatic heterocycles. The smallest absolute Gasteiger partial charge is 0.254 e. The Kier molecular flexibility index (Phi) is 10.3. The van der Waals surface area contributed by atoms with E-state index in [2.05, 4.69) is 0 Å². The monoisotopic (exact) mass is 392 g/mol. The van der Waals surface area contributed by atoms with Gasteiger partial charge in [-0.25, -0.2) is 0 Å². The second-order valence-electron chi connectivity index (χ2n) is 5.88. The highest BCUT2D eigenvalue weighted by molar-refractivity contribution is 5.95. The molecule has 2 N–H and O–H groups in total. The van der Waals surface area contributed by atoms with E-state index < -0.39 is 0 Å². The van der Waals surface area contributed by atoms with Gasteiger partial charge in [-0.15, -0.1) is 12.4 Å². The highest BCUT2D eigenvalue weighted by Crippen LogP contribution is 2.29. The lowest BCUT2D eigenvalue weighted by Gasteiger charge is -2.23. The zero-order chi connectivity index (χ0) is 18.8. The van der Waals surface area contributed by atoms with Crippen LogP contribution in [0.1, 0.15) is 36.2 Å². The lowest BCUT2D eigenvalue weighted by molar-refractivity contribution is 0.0741. The van der Waals surface area contributed by atoms with Crippen LogP contribution in [-0.2, 0) is 6.54 Å². The maximum atomic E-state index is 13.1. The van der Waals surface area contributed by atoms with Crippen molar-refractivity contribution in [3.63, 3.8) is 0 Å². The summed E-state index contributed by atoms with van der Waals surface area (Å²) in [6, 6.07) is 15.3. The summed E-state index contributed by atoms with van der Waals surface area (Å²) < 4.78 is 11.2. The Balaban J connectivity index is 0.00000364. The summed E-state index contributed by atoms with van der Waals surface area (Å²) in [6.07, 6.45) is 0.758. The molecular formula is C21H29ClN2O3. The molecule has 2 aromatic carbocycles. The molecule has 5 nitrogen and oxygen atoms in total. The standard InChI is InChI=1S/C21H28N2O3.ClH/c1-3-25-19-12-11-18(15-20(19)26-4-2)21(24)23(14-8-13-22)16-17-9-6-5-7-10-17;/h5-7,9-12,15H,3-4,8,13-14,16,22H2,1-2H3;1H. The van der Waals surface area contributed by atoms with E-state index in [-0.39, 0.29) is 18.3 Å². The molecule has 0 saturated heterocycles. The molecule has 0 radical (unpaired) electrons. The molecule has 0 fully saturated rings. The SMILES string of the molecule is CCOc1ccc(C(=O)N(CCCN)Cc2ccccc2)cc1OCC.Cl. The number of hydrogen-bond donors (Lipinski definition) is 1. The van der Waals surface area contributed by atoms with Crippen LogP contribution >= 0.6 is 12.4 Å². The number of ether oxygens (including phenoxy) is 2. The van der Waals surface area contributed by atoms with Gasteiger partial charge in [-0.05, 0) is 50.6 Å². The fraction of sp³-hybridized carbons (Fsp3) is 0.381. The van der Waals surface area contributed by atoms with Crippen molar-refractivity contribution in [2.24, 2.45) is 5.73 Å². The maximum Gasteiger partial charge on any atom is 0.254 e. The number of halogens is 1. The number of hydrogen-bond acceptors (Lipinski definition) is 4. The van der Waals surface area contributed by atoms with Gasteiger partial charge in [-0.2, -0.15) is 0 Å². The van der Waals surface area contributed by atoms with Crippen LogP contribution in [0.2, 0.25) is 0 Å². The molecule has 148 valence electrons. The van der Waals surface area contributed by atoms with Crippen LogP contribution in [0.5, 0.6) is 11.5 Å². The molecule has 2 aromatic rings. The van der Waals surface area contributed by atoms with Gasteiger partial charge in [-0.3, -0.25) is 4.79 Å². The van der Waals surface area contributed by atoms with Crippen molar-refractivity contribution in [3.05, 3.63) is 59.7 Å². The first-order chi connectivity index (χ1) is 12.7. The van der Waals surface area contributed by atoms with Gasteiger partial charge >= 0.3 is 0 Å². The molecule has 0 aliphatic rings. The third kappa shape index (κ3) is 6.77. The first-order valence-corrected chi connectivity index (χ1v) is 9.12. The van der Waals surface area contributed by atoms with Crippen LogP contribution in [0.25, 0.3) is 0 Å². The van der Waals surface area contributed by atoms with Gasteiger partial charge in [0.15, 0.2) is 11.5 Å². The largest absolute Gasteiger partial charge is 0.490 e. The molecule has 0 aliphatic carbocycles. The first kappa shape index (κ1) is 22.8. The van der Waals surface area contributed by atoms with E-state index in [0.29, 0.717) is 49.9 Å². The van der Waals surface area contributed by atoms with Gasteiger partial charge in [0.2, 0.25) is 0 Å². The molecule has 0 saturated carbocycles.